The Bertz CT molecular complexity index is 134. The number of carbonyl (C=O) groups is 1. The van der Waals surface area contributed by atoms with Crippen molar-refractivity contribution in [1.29, 1.82) is 0 Å². The van der Waals surface area contributed by atoms with Gasteiger partial charge in [-0.15, -0.1) is 0 Å². The second kappa shape index (κ2) is 5.31. The highest BCUT2D eigenvalue weighted by Gasteiger charge is 2.12. The van der Waals surface area contributed by atoms with Crippen LogP contribution < -0.4 is 5.73 Å². The predicted octanol–water partition coefficient (Wildman–Crippen LogP) is 0.744. The number of thioether (sulfide) groups is 1. The quantitative estimate of drug-likeness (QED) is 0.663. The monoisotopic (exact) mass is 185 g/mol. The molecule has 0 aliphatic heterocycles. The molecule has 0 aromatic carbocycles. The van der Waals surface area contributed by atoms with Crippen LogP contribution in [0.2, 0.25) is 0 Å². The molecular formula is C5H9F2NO2S. The van der Waals surface area contributed by atoms with Crippen LogP contribution in [0.1, 0.15) is 6.42 Å². The minimum Gasteiger partial charge on any atom is -0.480 e. The standard InChI is InChI=1S/C5H9F2NO2S/c6-5(7)11-2-1-3(8)4(9)10/h3,5H,1-2,8H2,(H,9,10)/t3-/m1/s1. The molecule has 0 spiro atoms. The number of hydrogen-bond donors (Lipinski definition) is 2. The van der Waals surface area contributed by atoms with Crippen LogP contribution in [-0.2, 0) is 4.79 Å². The highest BCUT2D eigenvalue weighted by atomic mass is 32.2. The maximum atomic E-state index is 11.5. The van der Waals surface area contributed by atoms with E-state index in [9.17, 15) is 13.6 Å². The second-order valence-electron chi connectivity index (χ2n) is 1.86. The van der Waals surface area contributed by atoms with Crippen molar-refractivity contribution in [1.82, 2.24) is 0 Å². The van der Waals surface area contributed by atoms with Crippen LogP contribution in [0.25, 0.3) is 0 Å². The number of alkyl halides is 2. The average molecular weight is 185 g/mol. The Balaban J connectivity index is 3.31. The van der Waals surface area contributed by atoms with Gasteiger partial charge in [-0.05, 0) is 6.42 Å². The van der Waals surface area contributed by atoms with E-state index in [1.165, 1.54) is 0 Å². The van der Waals surface area contributed by atoms with Crippen LogP contribution in [0.3, 0.4) is 0 Å². The van der Waals surface area contributed by atoms with Gasteiger partial charge in [-0.1, -0.05) is 11.8 Å². The Hall–Kier alpha value is -0.360. The van der Waals surface area contributed by atoms with Crippen molar-refractivity contribution >= 4 is 17.7 Å². The van der Waals surface area contributed by atoms with Crippen LogP contribution >= 0.6 is 11.8 Å². The van der Waals surface area contributed by atoms with Crippen molar-refractivity contribution in [2.45, 2.75) is 18.2 Å². The Kier molecular flexibility index (Phi) is 5.14. The Labute approximate surface area is 66.9 Å². The highest BCUT2D eigenvalue weighted by molar-refractivity contribution is 7.99. The summed E-state index contributed by atoms with van der Waals surface area (Å²) in [5.74, 6) is -3.53. The molecule has 66 valence electrons. The van der Waals surface area contributed by atoms with Crippen molar-refractivity contribution in [2.75, 3.05) is 5.75 Å². The molecule has 3 nitrogen and oxygen atoms in total. The van der Waals surface area contributed by atoms with Gasteiger partial charge in [-0.25, -0.2) is 0 Å². The van der Waals surface area contributed by atoms with Crippen molar-refractivity contribution in [3.8, 4) is 0 Å². The largest absolute Gasteiger partial charge is 0.480 e. The molecule has 0 saturated carbocycles. The first-order chi connectivity index (χ1) is 5.04. The molecule has 0 amide bonds. The van der Waals surface area contributed by atoms with E-state index in [0.717, 1.165) is 0 Å². The summed E-state index contributed by atoms with van der Waals surface area (Å²) in [6.45, 7) is 0. The van der Waals surface area contributed by atoms with Gasteiger partial charge in [-0.2, -0.15) is 8.78 Å². The van der Waals surface area contributed by atoms with Crippen LogP contribution in [0.15, 0.2) is 0 Å². The van der Waals surface area contributed by atoms with Gasteiger partial charge in [0.2, 0.25) is 0 Å². The lowest BCUT2D eigenvalue weighted by atomic mass is 10.2. The number of hydrogen-bond acceptors (Lipinski definition) is 3. The molecule has 0 radical (unpaired) electrons. The van der Waals surface area contributed by atoms with Gasteiger partial charge in [0.25, 0.3) is 5.76 Å². The van der Waals surface area contributed by atoms with Crippen LogP contribution in [0.4, 0.5) is 8.78 Å². The molecule has 0 saturated heterocycles. The molecule has 6 heteroatoms. The summed E-state index contributed by atoms with van der Waals surface area (Å²) in [7, 11) is 0. The summed E-state index contributed by atoms with van der Waals surface area (Å²) in [6.07, 6.45) is 0.0737. The molecule has 0 aliphatic carbocycles. The number of aliphatic carboxylic acids is 1. The molecule has 3 N–H and O–H groups in total. The highest BCUT2D eigenvalue weighted by Crippen LogP contribution is 2.14. The molecule has 0 bridgehead atoms. The van der Waals surface area contributed by atoms with Gasteiger partial charge in [0.05, 0.1) is 0 Å². The molecule has 0 fully saturated rings. The number of nitrogens with two attached hydrogens (primary N) is 1. The average Bonchev–Trinajstić information content (AvgIpc) is 1.86. The molecule has 11 heavy (non-hydrogen) atoms. The van der Waals surface area contributed by atoms with Crippen LogP contribution in [0.5, 0.6) is 0 Å². The summed E-state index contributed by atoms with van der Waals surface area (Å²) < 4.78 is 22.9. The molecule has 1 atom stereocenters. The minimum atomic E-state index is -2.45. The Morgan fingerprint density at radius 1 is 1.64 bits per heavy atom. The molecular weight excluding hydrogens is 176 g/mol. The van der Waals surface area contributed by atoms with E-state index < -0.39 is 17.8 Å². The molecule has 0 aromatic heterocycles. The lowest BCUT2D eigenvalue weighted by Crippen LogP contribution is -2.30. The van der Waals surface area contributed by atoms with Crippen LogP contribution in [-0.4, -0.2) is 28.6 Å². The predicted molar refractivity (Wildman–Crippen MR) is 38.7 cm³/mol. The molecule has 0 aromatic rings. The number of carboxylic acids is 1. The number of rotatable bonds is 5. The lowest BCUT2D eigenvalue weighted by Gasteiger charge is -2.04. The van der Waals surface area contributed by atoms with Gasteiger partial charge >= 0.3 is 5.97 Å². The minimum absolute atomic E-state index is 0.0737. The lowest BCUT2D eigenvalue weighted by molar-refractivity contribution is -0.138. The van der Waals surface area contributed by atoms with Gasteiger partial charge in [0, 0.05) is 5.75 Å². The van der Waals surface area contributed by atoms with E-state index in [4.69, 9.17) is 10.8 Å². The first-order valence-electron chi connectivity index (χ1n) is 2.92. The molecule has 0 aliphatic rings. The zero-order valence-electron chi connectivity index (χ0n) is 5.67. The van der Waals surface area contributed by atoms with Crippen molar-refractivity contribution in [2.24, 2.45) is 5.73 Å². The van der Waals surface area contributed by atoms with Gasteiger partial charge in [-0.3, -0.25) is 4.79 Å². The fourth-order valence-electron chi connectivity index (χ4n) is 0.408. The molecule has 0 rings (SSSR count). The summed E-state index contributed by atoms with van der Waals surface area (Å²) >= 11 is 0.400. The Morgan fingerprint density at radius 3 is 2.55 bits per heavy atom. The maximum absolute atomic E-state index is 11.5. The summed E-state index contributed by atoms with van der Waals surface area (Å²) in [6, 6.07) is -1.03. The second-order valence-corrected chi connectivity index (χ2v) is 2.96. The van der Waals surface area contributed by atoms with E-state index >= 15 is 0 Å². The van der Waals surface area contributed by atoms with Crippen LogP contribution in [0, 0.1) is 0 Å². The normalized spacial score (nSPS) is 13.5. The third-order valence-electron chi connectivity index (χ3n) is 0.990. The van der Waals surface area contributed by atoms with Gasteiger partial charge < -0.3 is 10.8 Å². The first kappa shape index (κ1) is 10.6. The van der Waals surface area contributed by atoms with E-state index in [1.54, 1.807) is 0 Å². The zero-order chi connectivity index (χ0) is 8.85. The van der Waals surface area contributed by atoms with E-state index in [-0.39, 0.29) is 12.2 Å². The number of carboxylic acid groups (broad SMARTS) is 1. The fraction of sp³-hybridized carbons (Fsp3) is 0.800. The van der Waals surface area contributed by atoms with Crippen molar-refractivity contribution < 1.29 is 18.7 Å². The first-order valence-corrected chi connectivity index (χ1v) is 3.97. The van der Waals surface area contributed by atoms with Gasteiger partial charge in [0.1, 0.15) is 6.04 Å². The SMILES string of the molecule is N[C@H](CCSC(F)F)C(=O)O. The van der Waals surface area contributed by atoms with Crippen molar-refractivity contribution in [3.63, 3.8) is 0 Å². The molecule has 0 heterocycles. The van der Waals surface area contributed by atoms with Crippen molar-refractivity contribution in [3.05, 3.63) is 0 Å². The Morgan fingerprint density at radius 2 is 2.18 bits per heavy atom. The summed E-state index contributed by atoms with van der Waals surface area (Å²) in [4.78, 5) is 10.1. The topological polar surface area (TPSA) is 63.3 Å². The third kappa shape index (κ3) is 6.05. The third-order valence-corrected chi connectivity index (χ3v) is 1.71. The van der Waals surface area contributed by atoms with E-state index in [2.05, 4.69) is 0 Å². The van der Waals surface area contributed by atoms with E-state index in [1.807, 2.05) is 0 Å². The maximum Gasteiger partial charge on any atom is 0.320 e. The fourth-order valence-corrected chi connectivity index (χ4v) is 0.976. The smallest absolute Gasteiger partial charge is 0.320 e. The van der Waals surface area contributed by atoms with Gasteiger partial charge in [0.15, 0.2) is 0 Å². The summed E-state index contributed by atoms with van der Waals surface area (Å²) in [5, 5.41) is 8.23. The number of halogens is 2. The molecule has 0 unspecified atom stereocenters. The summed E-state index contributed by atoms with van der Waals surface area (Å²) in [5.41, 5.74) is 5.04. The zero-order valence-corrected chi connectivity index (χ0v) is 6.48. The van der Waals surface area contributed by atoms with E-state index in [0.29, 0.717) is 11.8 Å².